The standard InChI is InChI=1S/2C26H20P2.2C17H11N.4Au/c2*1-5-13-23(14-6-1)27(24-15-7-2-8-16-24)21-22-28(25-17-9-3-10-18-25)26-19-11-4-12-20-26;2*1-3-8-14(9-4-1)16-12-7-13-17(18-16)15-10-5-2-6-11-15;;;;/h2*1-20H;2*1-8,10,12-13H;;;;/q;;2*-2;4*+1/p+4. The van der Waals surface area contributed by atoms with E-state index in [4.69, 9.17) is 0 Å². The average molecular weight is 2040 g/mol. The third-order valence-electron chi connectivity index (χ3n) is 14.6. The Balaban J connectivity index is 0.000000182. The molecule has 2 nitrogen and oxygen atoms in total. The summed E-state index contributed by atoms with van der Waals surface area (Å²) in [6.45, 7) is 0. The van der Waals surface area contributed by atoms with Crippen molar-refractivity contribution in [1.29, 1.82) is 0 Å². The first-order valence-corrected chi connectivity index (χ1v) is 36.5. The summed E-state index contributed by atoms with van der Waals surface area (Å²) < 4.78 is 0. The van der Waals surface area contributed by atoms with Crippen molar-refractivity contribution >= 4 is 74.1 Å². The maximum atomic E-state index is 4.65. The van der Waals surface area contributed by atoms with Gasteiger partial charge >= 0.3 is 89.5 Å². The van der Waals surface area contributed by atoms with E-state index in [9.17, 15) is 0 Å². The van der Waals surface area contributed by atoms with Gasteiger partial charge in [-0.05, 0) is 120 Å². The molecule has 0 bridgehead atoms. The quantitative estimate of drug-likeness (QED) is 0.0527. The van der Waals surface area contributed by atoms with Crippen molar-refractivity contribution in [3.8, 4) is 67.7 Å². The average Bonchev–Trinajstić information content (AvgIpc) is 1.01. The normalized spacial score (nSPS) is 9.96. The molecule has 0 amide bonds. The summed E-state index contributed by atoms with van der Waals surface area (Å²) >= 11 is 0. The van der Waals surface area contributed by atoms with E-state index in [0.717, 1.165) is 45.0 Å². The molecule has 0 saturated carbocycles. The second kappa shape index (κ2) is 42.4. The predicted octanol–water partition coefficient (Wildman–Crippen LogP) is 17.3. The van der Waals surface area contributed by atoms with Crippen LogP contribution in [0.2, 0.25) is 0 Å². The molecule has 0 aliphatic heterocycles. The smallest absolute Gasteiger partial charge is 0.345 e. The van der Waals surface area contributed by atoms with Crippen LogP contribution in [0, 0.1) is 46.9 Å². The fourth-order valence-electron chi connectivity index (χ4n) is 10.0. The number of hydrogen-bond acceptors (Lipinski definition) is 2. The van der Waals surface area contributed by atoms with E-state index < -0.39 is 31.7 Å². The van der Waals surface area contributed by atoms with Gasteiger partial charge in [0, 0.05) is 0 Å². The molecule has 0 atom stereocenters. The Morgan fingerprint density at radius 3 is 0.479 bits per heavy atom. The summed E-state index contributed by atoms with van der Waals surface area (Å²) in [6.07, 6.45) is 0. The van der Waals surface area contributed by atoms with Crippen molar-refractivity contribution in [3.05, 3.63) is 400 Å². The van der Waals surface area contributed by atoms with Crippen molar-refractivity contribution in [1.82, 2.24) is 9.97 Å². The Hall–Kier alpha value is -7.26. The van der Waals surface area contributed by atoms with Crippen molar-refractivity contribution in [2.75, 3.05) is 0 Å². The van der Waals surface area contributed by atoms with Crippen molar-refractivity contribution in [2.24, 2.45) is 0 Å². The monoisotopic (exact) mass is 2040 g/mol. The van der Waals surface area contributed by atoms with Crippen LogP contribution in [-0.2, 0) is 89.5 Å². The molecule has 14 rings (SSSR count). The first-order chi connectivity index (χ1) is 45.7. The molecule has 0 spiro atoms. The Morgan fingerprint density at radius 1 is 0.177 bits per heavy atom. The zero-order valence-electron chi connectivity index (χ0n) is 51.9. The summed E-state index contributed by atoms with van der Waals surface area (Å²) in [5.41, 5.74) is 22.8. The molecule has 0 radical (unpaired) electrons. The molecular weight excluding hydrogens is 1970 g/mol. The fourth-order valence-corrected chi connectivity index (χ4v) is 18.7. The van der Waals surface area contributed by atoms with E-state index in [-0.39, 0.29) is 89.5 Å². The van der Waals surface area contributed by atoms with Crippen LogP contribution in [0.5, 0.6) is 0 Å². The number of benzene rings is 12. The number of rotatable bonds is 12. The van der Waals surface area contributed by atoms with Gasteiger partial charge in [-0.3, -0.25) is 0 Å². The summed E-state index contributed by atoms with van der Waals surface area (Å²) in [5, 5.41) is 10.7. The molecule has 0 aliphatic carbocycles. The van der Waals surface area contributed by atoms with Crippen LogP contribution in [0.15, 0.2) is 376 Å². The first kappa shape index (κ1) is 76.1. The molecule has 0 fully saturated rings. The predicted molar refractivity (Wildman–Crippen MR) is 403 cm³/mol. The van der Waals surface area contributed by atoms with Gasteiger partial charge in [-0.1, -0.05) is 182 Å². The van der Waals surface area contributed by atoms with E-state index >= 15 is 0 Å². The maximum absolute atomic E-state index is 4.65. The number of nitrogens with zero attached hydrogens (tertiary/aromatic N) is 2. The Morgan fingerprint density at radius 2 is 0.333 bits per heavy atom. The van der Waals surface area contributed by atoms with Crippen LogP contribution in [0.4, 0.5) is 0 Å². The van der Waals surface area contributed by atoms with E-state index in [2.05, 4.69) is 300 Å². The van der Waals surface area contributed by atoms with Crippen LogP contribution in [0.3, 0.4) is 0 Å². The SMILES string of the molecule is C(#C[PH+](c1ccccc1)c1ccccc1)[PH+](c1ccccc1)c1ccccc1.C(#C[PH+](c1ccccc1)c1ccccc1)[PH+](c1ccccc1)c1ccccc1.[Au+].[Au+].[Au+].[Au+].[c-]1ccccc1-c1cccc(-c2[c-]cccc2)n1.[c-]1ccccc1-c1cccc(-c2[c-]cccc2)n1. The molecule has 0 N–H and O–H groups in total. The second-order valence-corrected chi connectivity index (χ2v) is 29.5. The van der Waals surface area contributed by atoms with E-state index in [1.54, 1.807) is 0 Å². The van der Waals surface area contributed by atoms with E-state index in [0.29, 0.717) is 0 Å². The Bertz CT molecular complexity index is 3830. The molecule has 0 aliphatic rings. The number of hydrogen-bond donors (Lipinski definition) is 0. The number of pyridine rings is 2. The van der Waals surface area contributed by atoms with Crippen molar-refractivity contribution < 1.29 is 89.5 Å². The van der Waals surface area contributed by atoms with Gasteiger partial charge in [0.1, 0.15) is 96.8 Å². The molecule has 0 unspecified atom stereocenters. The van der Waals surface area contributed by atoms with Gasteiger partial charge in [0.05, 0.1) is 0 Å². The van der Waals surface area contributed by atoms with Gasteiger partial charge in [-0.2, -0.15) is 0 Å². The molecule has 480 valence electrons. The largest absolute Gasteiger partial charge is 1.00 e. The summed E-state index contributed by atoms with van der Waals surface area (Å²) in [5.74, 6) is 0. The van der Waals surface area contributed by atoms with Gasteiger partial charge in [-0.25, -0.2) is 0 Å². The molecule has 10 heteroatoms. The van der Waals surface area contributed by atoms with Gasteiger partial charge in [0.15, 0.2) is 0 Å². The summed E-state index contributed by atoms with van der Waals surface area (Å²) in [7, 11) is -4.58. The molecule has 2 heterocycles. The van der Waals surface area contributed by atoms with Gasteiger partial charge < -0.3 is 9.97 Å². The third-order valence-corrected chi connectivity index (χ3v) is 23.8. The van der Waals surface area contributed by atoms with E-state index in [1.807, 2.05) is 133 Å². The number of aromatic nitrogens is 2. The van der Waals surface area contributed by atoms with Crippen LogP contribution in [0.25, 0.3) is 45.0 Å². The first-order valence-electron chi connectivity index (χ1n) is 30.5. The molecule has 96 heavy (non-hydrogen) atoms. The van der Waals surface area contributed by atoms with Crippen LogP contribution in [0.1, 0.15) is 0 Å². The maximum Gasteiger partial charge on any atom is 1.00 e. The van der Waals surface area contributed by atoms with Gasteiger partial charge in [0.2, 0.25) is 0 Å². The zero-order valence-corrected chi connectivity index (χ0v) is 64.6. The molecular formula is C86H66Au4N2P4+4. The molecule has 2 aromatic heterocycles. The zero-order chi connectivity index (χ0) is 62.5. The van der Waals surface area contributed by atoms with Crippen molar-refractivity contribution in [3.63, 3.8) is 0 Å². The van der Waals surface area contributed by atoms with Gasteiger partial charge in [0.25, 0.3) is 0 Å². The van der Waals surface area contributed by atoms with Crippen LogP contribution in [-0.4, -0.2) is 9.97 Å². The van der Waals surface area contributed by atoms with Crippen LogP contribution < -0.4 is 42.4 Å². The second-order valence-electron chi connectivity index (χ2n) is 20.8. The molecule has 14 aromatic rings. The van der Waals surface area contributed by atoms with Crippen molar-refractivity contribution in [2.45, 2.75) is 0 Å². The minimum absolute atomic E-state index is 0. The third kappa shape index (κ3) is 22.9. The summed E-state index contributed by atoms with van der Waals surface area (Å²) in [4.78, 5) is 9.30. The minimum Gasteiger partial charge on any atom is -0.345 e. The molecule has 0 saturated heterocycles. The fraction of sp³-hybridized carbons (Fsp3) is 0. The Labute approximate surface area is 635 Å². The van der Waals surface area contributed by atoms with Gasteiger partial charge in [-0.15, -0.1) is 144 Å². The minimum atomic E-state index is -1.14. The molecule has 12 aromatic carbocycles. The topological polar surface area (TPSA) is 25.8 Å². The summed E-state index contributed by atoms with van der Waals surface area (Å²) in [6, 6.07) is 142. The van der Waals surface area contributed by atoms with E-state index in [1.165, 1.54) is 42.4 Å². The Kier molecular flexibility index (Phi) is 33.6. The van der Waals surface area contributed by atoms with Crippen LogP contribution >= 0.6 is 31.7 Å².